The minimum atomic E-state index is -0.478. The van der Waals surface area contributed by atoms with Crippen molar-refractivity contribution in [1.82, 2.24) is 5.32 Å². The third kappa shape index (κ3) is 4.05. The third-order valence-corrected chi connectivity index (χ3v) is 4.53. The lowest BCUT2D eigenvalue weighted by Crippen LogP contribution is -2.07. The molecule has 23 heavy (non-hydrogen) atoms. The Morgan fingerprint density at radius 3 is 2.52 bits per heavy atom. The van der Waals surface area contributed by atoms with Gasteiger partial charge in [0.2, 0.25) is 0 Å². The van der Waals surface area contributed by atoms with Crippen molar-refractivity contribution < 1.29 is 9.84 Å². The highest BCUT2D eigenvalue weighted by Crippen LogP contribution is 2.34. The van der Waals surface area contributed by atoms with Crippen LogP contribution < -0.4 is 10.1 Å². The van der Waals surface area contributed by atoms with Crippen LogP contribution in [0, 0.1) is 13.8 Å². The SMILES string of the molecule is CCC(O)c1ccc(CNC)c(Oc2ccc(Cl)c(C)c2C)c1. The van der Waals surface area contributed by atoms with Crippen LogP contribution in [0.4, 0.5) is 0 Å². The molecule has 0 radical (unpaired) electrons. The van der Waals surface area contributed by atoms with Crippen LogP contribution >= 0.6 is 11.6 Å². The van der Waals surface area contributed by atoms with E-state index in [9.17, 15) is 5.11 Å². The van der Waals surface area contributed by atoms with Crippen molar-refractivity contribution in [1.29, 1.82) is 0 Å². The fourth-order valence-electron chi connectivity index (χ4n) is 2.44. The van der Waals surface area contributed by atoms with Crippen LogP contribution in [-0.4, -0.2) is 12.2 Å². The molecule has 0 heterocycles. The van der Waals surface area contributed by atoms with Crippen molar-refractivity contribution in [3.8, 4) is 11.5 Å². The van der Waals surface area contributed by atoms with Gasteiger partial charge in [0.1, 0.15) is 11.5 Å². The Labute approximate surface area is 143 Å². The summed E-state index contributed by atoms with van der Waals surface area (Å²) < 4.78 is 6.15. The van der Waals surface area contributed by atoms with Gasteiger partial charge in [-0.2, -0.15) is 0 Å². The topological polar surface area (TPSA) is 41.5 Å². The van der Waals surface area contributed by atoms with Gasteiger partial charge in [-0.3, -0.25) is 0 Å². The lowest BCUT2D eigenvalue weighted by atomic mass is 10.0. The first-order valence-electron chi connectivity index (χ1n) is 7.87. The molecule has 0 saturated heterocycles. The minimum absolute atomic E-state index is 0.478. The number of benzene rings is 2. The maximum Gasteiger partial charge on any atom is 0.132 e. The molecule has 0 aliphatic rings. The number of hydrogen-bond acceptors (Lipinski definition) is 3. The Bertz CT molecular complexity index is 685. The highest BCUT2D eigenvalue weighted by atomic mass is 35.5. The maximum atomic E-state index is 10.1. The first kappa shape index (κ1) is 17.8. The van der Waals surface area contributed by atoms with Gasteiger partial charge >= 0.3 is 0 Å². The monoisotopic (exact) mass is 333 g/mol. The second kappa shape index (κ2) is 7.82. The molecule has 0 aromatic heterocycles. The molecule has 0 saturated carbocycles. The normalized spacial score (nSPS) is 12.3. The molecule has 2 aromatic rings. The Morgan fingerprint density at radius 2 is 1.87 bits per heavy atom. The Hall–Kier alpha value is -1.55. The fraction of sp³-hybridized carbons (Fsp3) is 0.368. The highest BCUT2D eigenvalue weighted by molar-refractivity contribution is 6.31. The van der Waals surface area contributed by atoms with E-state index in [1.807, 2.05) is 58.2 Å². The predicted octanol–water partition coefficient (Wildman–Crippen LogP) is 4.91. The van der Waals surface area contributed by atoms with Gasteiger partial charge in [0, 0.05) is 17.1 Å². The van der Waals surface area contributed by atoms with Gasteiger partial charge in [-0.05, 0) is 62.2 Å². The van der Waals surface area contributed by atoms with Gasteiger partial charge in [-0.1, -0.05) is 30.7 Å². The summed E-state index contributed by atoms with van der Waals surface area (Å²) in [5.74, 6) is 1.54. The number of ether oxygens (including phenoxy) is 1. The van der Waals surface area contributed by atoms with E-state index >= 15 is 0 Å². The molecule has 0 aliphatic heterocycles. The molecule has 0 amide bonds. The molecular weight excluding hydrogens is 310 g/mol. The molecule has 0 spiro atoms. The lowest BCUT2D eigenvalue weighted by molar-refractivity contribution is 0.173. The summed E-state index contributed by atoms with van der Waals surface area (Å²) in [7, 11) is 1.90. The van der Waals surface area contributed by atoms with Crippen molar-refractivity contribution in [2.45, 2.75) is 39.8 Å². The van der Waals surface area contributed by atoms with E-state index in [0.717, 1.165) is 38.8 Å². The smallest absolute Gasteiger partial charge is 0.132 e. The molecule has 4 heteroatoms. The van der Waals surface area contributed by atoms with Crippen LogP contribution in [0.3, 0.4) is 0 Å². The standard InChI is InChI=1S/C19H24ClNO2/c1-5-17(22)14-6-7-15(11-21-4)19(10-14)23-18-9-8-16(20)12(2)13(18)3/h6-10,17,21-22H,5,11H2,1-4H3. The van der Waals surface area contributed by atoms with Gasteiger partial charge in [0.25, 0.3) is 0 Å². The molecule has 3 nitrogen and oxygen atoms in total. The van der Waals surface area contributed by atoms with E-state index in [1.54, 1.807) is 0 Å². The van der Waals surface area contributed by atoms with Crippen molar-refractivity contribution in [3.05, 3.63) is 57.6 Å². The third-order valence-electron chi connectivity index (χ3n) is 4.12. The predicted molar refractivity (Wildman–Crippen MR) is 95.5 cm³/mol. The zero-order chi connectivity index (χ0) is 17.0. The second-order valence-electron chi connectivity index (χ2n) is 5.72. The number of rotatable bonds is 6. The number of nitrogens with one attached hydrogen (secondary N) is 1. The van der Waals surface area contributed by atoms with E-state index in [4.69, 9.17) is 16.3 Å². The molecule has 0 bridgehead atoms. The molecule has 0 fully saturated rings. The summed E-state index contributed by atoms with van der Waals surface area (Å²) in [5.41, 5.74) is 3.95. The zero-order valence-corrected chi connectivity index (χ0v) is 14.9. The van der Waals surface area contributed by atoms with Crippen molar-refractivity contribution in [3.63, 3.8) is 0 Å². The van der Waals surface area contributed by atoms with Gasteiger partial charge in [-0.15, -0.1) is 0 Å². The molecule has 124 valence electrons. The fourth-order valence-corrected chi connectivity index (χ4v) is 2.64. The largest absolute Gasteiger partial charge is 0.457 e. The lowest BCUT2D eigenvalue weighted by Gasteiger charge is -2.17. The van der Waals surface area contributed by atoms with Gasteiger partial charge in [0.15, 0.2) is 0 Å². The van der Waals surface area contributed by atoms with Crippen LogP contribution in [-0.2, 0) is 6.54 Å². The Kier molecular flexibility index (Phi) is 6.05. The highest BCUT2D eigenvalue weighted by Gasteiger charge is 2.13. The number of aliphatic hydroxyl groups is 1. The molecule has 0 aliphatic carbocycles. The van der Waals surface area contributed by atoms with E-state index in [-0.39, 0.29) is 0 Å². The van der Waals surface area contributed by atoms with E-state index in [0.29, 0.717) is 13.0 Å². The molecule has 2 aromatic carbocycles. The summed E-state index contributed by atoms with van der Waals surface area (Å²) >= 11 is 6.16. The van der Waals surface area contributed by atoms with Gasteiger partial charge < -0.3 is 15.2 Å². The maximum absolute atomic E-state index is 10.1. The van der Waals surface area contributed by atoms with Crippen molar-refractivity contribution in [2.24, 2.45) is 0 Å². The van der Waals surface area contributed by atoms with E-state index in [1.165, 1.54) is 0 Å². The molecule has 2 N–H and O–H groups in total. The quantitative estimate of drug-likeness (QED) is 0.789. The summed E-state index contributed by atoms with van der Waals surface area (Å²) in [6.45, 7) is 6.64. The van der Waals surface area contributed by atoms with E-state index in [2.05, 4.69) is 5.32 Å². The first-order valence-corrected chi connectivity index (χ1v) is 8.24. The van der Waals surface area contributed by atoms with Crippen LogP contribution in [0.1, 0.15) is 41.7 Å². The second-order valence-corrected chi connectivity index (χ2v) is 6.13. The summed E-state index contributed by atoms with van der Waals surface area (Å²) in [6, 6.07) is 9.61. The summed E-state index contributed by atoms with van der Waals surface area (Å²) in [4.78, 5) is 0. The summed E-state index contributed by atoms with van der Waals surface area (Å²) in [5, 5.41) is 14.0. The van der Waals surface area contributed by atoms with Gasteiger partial charge in [-0.25, -0.2) is 0 Å². The van der Waals surface area contributed by atoms with Crippen LogP contribution in [0.2, 0.25) is 5.02 Å². The van der Waals surface area contributed by atoms with E-state index < -0.39 is 6.10 Å². The Morgan fingerprint density at radius 1 is 1.13 bits per heavy atom. The van der Waals surface area contributed by atoms with Crippen LogP contribution in [0.15, 0.2) is 30.3 Å². The average molecular weight is 334 g/mol. The minimum Gasteiger partial charge on any atom is -0.457 e. The van der Waals surface area contributed by atoms with Crippen LogP contribution in [0.5, 0.6) is 11.5 Å². The van der Waals surface area contributed by atoms with Crippen LogP contribution in [0.25, 0.3) is 0 Å². The summed E-state index contributed by atoms with van der Waals surface area (Å²) in [6.07, 6.45) is 0.193. The number of halogens is 1. The number of hydrogen-bond donors (Lipinski definition) is 2. The number of aliphatic hydroxyl groups excluding tert-OH is 1. The Balaban J connectivity index is 2.42. The molecule has 2 rings (SSSR count). The molecule has 1 unspecified atom stereocenters. The van der Waals surface area contributed by atoms with Crippen molar-refractivity contribution >= 4 is 11.6 Å². The molecular formula is C19H24ClNO2. The first-order chi connectivity index (χ1) is 11.0. The average Bonchev–Trinajstić information content (AvgIpc) is 2.56. The van der Waals surface area contributed by atoms with Crippen molar-refractivity contribution in [2.75, 3.05) is 7.05 Å². The zero-order valence-electron chi connectivity index (χ0n) is 14.1. The van der Waals surface area contributed by atoms with Gasteiger partial charge in [0.05, 0.1) is 6.10 Å². The molecule has 1 atom stereocenters.